The van der Waals surface area contributed by atoms with Gasteiger partial charge in [0.25, 0.3) is 0 Å². The van der Waals surface area contributed by atoms with E-state index in [-0.39, 0.29) is 12.6 Å². The third-order valence-corrected chi connectivity index (χ3v) is 2.35. The number of halogens is 1. The fraction of sp³-hybridized carbons (Fsp3) is 0.333. The summed E-state index contributed by atoms with van der Waals surface area (Å²) in [5, 5.41) is 17.6. The van der Waals surface area contributed by atoms with Crippen molar-refractivity contribution < 1.29 is 5.11 Å². The third-order valence-electron chi connectivity index (χ3n) is 2.11. The van der Waals surface area contributed by atoms with E-state index in [4.69, 9.17) is 16.7 Å². The topological polar surface area (TPSA) is 50.9 Å². The summed E-state index contributed by atoms with van der Waals surface area (Å²) in [6, 6.07) is 5.32. The van der Waals surface area contributed by atoms with E-state index in [1.807, 2.05) is 13.0 Å². The maximum absolute atomic E-state index is 9.01. The monoisotopic (exact) mass is 211 g/mol. The van der Waals surface area contributed by atoms with Gasteiger partial charge in [0.05, 0.1) is 18.2 Å². The lowest BCUT2D eigenvalue weighted by Gasteiger charge is -2.07. The average Bonchev–Trinajstić information content (AvgIpc) is 2.59. The van der Waals surface area contributed by atoms with E-state index in [0.29, 0.717) is 5.02 Å². The lowest BCUT2D eigenvalue weighted by molar-refractivity contribution is 0.231. The minimum atomic E-state index is -0.0684. The molecular formula is C9H10ClN3O. The fourth-order valence-electron chi connectivity index (χ4n) is 1.32. The van der Waals surface area contributed by atoms with Gasteiger partial charge >= 0.3 is 0 Å². The number of aliphatic hydroxyl groups excluding tert-OH is 1. The molecule has 0 saturated carbocycles. The first-order valence-electron chi connectivity index (χ1n) is 4.33. The normalized spacial score (nSPS) is 13.4. The number of aliphatic hydroxyl groups is 1. The van der Waals surface area contributed by atoms with Crippen molar-refractivity contribution in [1.29, 1.82) is 0 Å². The first-order chi connectivity index (χ1) is 6.72. The SMILES string of the molecule is CC(CO)n1nnc2cc(Cl)ccc21. The van der Waals surface area contributed by atoms with E-state index in [1.54, 1.807) is 16.8 Å². The number of nitrogens with zero attached hydrogens (tertiary/aromatic N) is 3. The highest BCUT2D eigenvalue weighted by Crippen LogP contribution is 2.19. The second kappa shape index (κ2) is 3.55. The van der Waals surface area contributed by atoms with Crippen molar-refractivity contribution >= 4 is 22.6 Å². The molecule has 0 saturated heterocycles. The Morgan fingerprint density at radius 1 is 1.57 bits per heavy atom. The second-order valence-corrected chi connectivity index (χ2v) is 3.64. The van der Waals surface area contributed by atoms with Crippen LogP contribution < -0.4 is 0 Å². The Labute approximate surface area is 86.1 Å². The van der Waals surface area contributed by atoms with Crippen LogP contribution >= 0.6 is 11.6 Å². The highest BCUT2D eigenvalue weighted by molar-refractivity contribution is 6.31. The van der Waals surface area contributed by atoms with Crippen LogP contribution in [0.25, 0.3) is 11.0 Å². The molecule has 0 aliphatic heterocycles. The van der Waals surface area contributed by atoms with Gasteiger partial charge in [-0.2, -0.15) is 0 Å². The Kier molecular flexibility index (Phi) is 2.39. The lowest BCUT2D eigenvalue weighted by atomic mass is 10.3. The minimum absolute atomic E-state index is 0.0427. The maximum atomic E-state index is 9.01. The van der Waals surface area contributed by atoms with E-state index in [2.05, 4.69) is 10.3 Å². The Balaban J connectivity index is 2.58. The number of hydrogen-bond acceptors (Lipinski definition) is 3. The predicted molar refractivity (Wildman–Crippen MR) is 54.3 cm³/mol. The molecule has 0 fully saturated rings. The molecule has 1 aromatic heterocycles. The Hall–Kier alpha value is -1.13. The standard InChI is InChI=1S/C9H10ClN3O/c1-6(5-14)13-9-3-2-7(10)4-8(9)11-12-13/h2-4,6,14H,5H2,1H3. The van der Waals surface area contributed by atoms with Crippen LogP contribution in [0.4, 0.5) is 0 Å². The van der Waals surface area contributed by atoms with Crippen LogP contribution in [0.1, 0.15) is 13.0 Å². The zero-order valence-corrected chi connectivity index (χ0v) is 8.44. The highest BCUT2D eigenvalue weighted by Gasteiger charge is 2.09. The van der Waals surface area contributed by atoms with Gasteiger partial charge in [0.1, 0.15) is 5.52 Å². The summed E-state index contributed by atoms with van der Waals surface area (Å²) in [6.45, 7) is 1.92. The summed E-state index contributed by atoms with van der Waals surface area (Å²) in [5.74, 6) is 0. The largest absolute Gasteiger partial charge is 0.394 e. The van der Waals surface area contributed by atoms with E-state index in [1.165, 1.54) is 0 Å². The molecule has 5 heteroatoms. The predicted octanol–water partition coefficient (Wildman–Crippen LogP) is 1.64. The maximum Gasteiger partial charge on any atom is 0.114 e. The molecule has 1 heterocycles. The molecule has 0 aliphatic rings. The summed E-state index contributed by atoms with van der Waals surface area (Å²) in [6.07, 6.45) is 0. The minimum Gasteiger partial charge on any atom is -0.394 e. The molecule has 1 aromatic carbocycles. The molecule has 74 valence electrons. The van der Waals surface area contributed by atoms with Gasteiger partial charge < -0.3 is 5.11 Å². The second-order valence-electron chi connectivity index (χ2n) is 3.20. The molecule has 2 aromatic rings. The van der Waals surface area contributed by atoms with Gasteiger partial charge in [0.15, 0.2) is 0 Å². The van der Waals surface area contributed by atoms with Gasteiger partial charge in [-0.05, 0) is 25.1 Å². The van der Waals surface area contributed by atoms with Crippen LogP contribution in [-0.2, 0) is 0 Å². The van der Waals surface area contributed by atoms with Gasteiger partial charge in [-0.1, -0.05) is 16.8 Å². The van der Waals surface area contributed by atoms with Crippen molar-refractivity contribution in [3.05, 3.63) is 23.2 Å². The lowest BCUT2D eigenvalue weighted by Crippen LogP contribution is -2.10. The zero-order valence-electron chi connectivity index (χ0n) is 7.68. The Bertz CT molecular complexity index is 454. The number of aromatic nitrogens is 3. The van der Waals surface area contributed by atoms with Crippen LogP contribution in [0.15, 0.2) is 18.2 Å². The molecule has 1 N–H and O–H groups in total. The Morgan fingerprint density at radius 3 is 3.07 bits per heavy atom. The van der Waals surface area contributed by atoms with E-state index < -0.39 is 0 Å². The van der Waals surface area contributed by atoms with E-state index in [9.17, 15) is 0 Å². The van der Waals surface area contributed by atoms with Crippen molar-refractivity contribution in [3.63, 3.8) is 0 Å². The van der Waals surface area contributed by atoms with Gasteiger partial charge in [-0.3, -0.25) is 0 Å². The summed E-state index contributed by atoms with van der Waals surface area (Å²) < 4.78 is 1.69. The molecule has 0 bridgehead atoms. The average molecular weight is 212 g/mol. The number of rotatable bonds is 2. The van der Waals surface area contributed by atoms with Crippen molar-refractivity contribution in [3.8, 4) is 0 Å². The van der Waals surface area contributed by atoms with Crippen LogP contribution in [0, 0.1) is 0 Å². The van der Waals surface area contributed by atoms with Gasteiger partial charge in [0.2, 0.25) is 0 Å². The molecule has 4 nitrogen and oxygen atoms in total. The Morgan fingerprint density at radius 2 is 2.36 bits per heavy atom. The van der Waals surface area contributed by atoms with Crippen LogP contribution in [0.3, 0.4) is 0 Å². The molecule has 0 spiro atoms. The number of hydrogen-bond donors (Lipinski definition) is 1. The van der Waals surface area contributed by atoms with Crippen LogP contribution in [-0.4, -0.2) is 26.7 Å². The van der Waals surface area contributed by atoms with Crippen LogP contribution in [0.5, 0.6) is 0 Å². The first kappa shape index (κ1) is 9.43. The zero-order chi connectivity index (χ0) is 10.1. The summed E-state index contributed by atoms with van der Waals surface area (Å²) in [5.41, 5.74) is 1.63. The molecule has 14 heavy (non-hydrogen) atoms. The molecule has 0 aliphatic carbocycles. The smallest absolute Gasteiger partial charge is 0.114 e. The van der Waals surface area contributed by atoms with Gasteiger partial charge in [-0.25, -0.2) is 4.68 Å². The quantitative estimate of drug-likeness (QED) is 0.822. The van der Waals surface area contributed by atoms with Gasteiger partial charge in [-0.15, -0.1) is 5.10 Å². The van der Waals surface area contributed by atoms with E-state index >= 15 is 0 Å². The number of fused-ring (bicyclic) bond motifs is 1. The van der Waals surface area contributed by atoms with Gasteiger partial charge in [0, 0.05) is 5.02 Å². The van der Waals surface area contributed by atoms with Crippen LogP contribution in [0.2, 0.25) is 5.02 Å². The molecule has 1 atom stereocenters. The highest BCUT2D eigenvalue weighted by atomic mass is 35.5. The summed E-state index contributed by atoms with van der Waals surface area (Å²) in [4.78, 5) is 0. The molecular weight excluding hydrogens is 202 g/mol. The third kappa shape index (κ3) is 1.47. The summed E-state index contributed by atoms with van der Waals surface area (Å²) >= 11 is 5.81. The number of benzene rings is 1. The van der Waals surface area contributed by atoms with E-state index in [0.717, 1.165) is 11.0 Å². The first-order valence-corrected chi connectivity index (χ1v) is 4.71. The van der Waals surface area contributed by atoms with Crippen molar-refractivity contribution in [1.82, 2.24) is 15.0 Å². The van der Waals surface area contributed by atoms with Crippen molar-refractivity contribution in [2.24, 2.45) is 0 Å². The molecule has 2 rings (SSSR count). The molecule has 0 radical (unpaired) electrons. The fourth-order valence-corrected chi connectivity index (χ4v) is 1.48. The molecule has 0 amide bonds. The van der Waals surface area contributed by atoms with Crippen molar-refractivity contribution in [2.75, 3.05) is 6.61 Å². The van der Waals surface area contributed by atoms with Crippen molar-refractivity contribution in [2.45, 2.75) is 13.0 Å². The molecule has 1 unspecified atom stereocenters. The summed E-state index contributed by atoms with van der Waals surface area (Å²) in [7, 11) is 0.